The molecule has 2 aromatic rings. The van der Waals surface area contributed by atoms with E-state index in [2.05, 4.69) is 5.10 Å². The van der Waals surface area contributed by atoms with Crippen LogP contribution in [0.2, 0.25) is 0 Å². The summed E-state index contributed by atoms with van der Waals surface area (Å²) in [5, 5.41) is 3.97. The minimum absolute atomic E-state index is 0.103. The molecule has 1 unspecified atom stereocenters. The number of benzene rings is 1. The van der Waals surface area contributed by atoms with Crippen molar-refractivity contribution in [1.82, 2.24) is 19.0 Å². The number of carbonyl (C=O) groups excluding carboxylic acids is 1. The zero-order valence-corrected chi connectivity index (χ0v) is 16.9. The first-order valence-electron chi connectivity index (χ1n) is 9.80. The van der Waals surface area contributed by atoms with E-state index in [-0.39, 0.29) is 16.7 Å². The molecule has 2 fully saturated rings. The summed E-state index contributed by atoms with van der Waals surface area (Å²) in [6.45, 7) is 2.70. The molecular weight excluding hydrogens is 376 g/mol. The number of rotatable bonds is 5. The van der Waals surface area contributed by atoms with Crippen LogP contribution in [0.1, 0.15) is 35.2 Å². The second-order valence-electron chi connectivity index (χ2n) is 7.77. The Labute approximate surface area is 166 Å². The molecule has 2 aliphatic rings. The summed E-state index contributed by atoms with van der Waals surface area (Å²) in [5.74, 6) is 0.357. The first-order valence-corrected chi connectivity index (χ1v) is 11.2. The Hall–Kier alpha value is -2.19. The number of aromatic nitrogens is 2. The van der Waals surface area contributed by atoms with E-state index in [0.29, 0.717) is 13.1 Å². The quantitative estimate of drug-likeness (QED) is 0.766. The van der Waals surface area contributed by atoms with Gasteiger partial charge in [-0.25, -0.2) is 8.42 Å². The molecule has 2 saturated heterocycles. The van der Waals surface area contributed by atoms with E-state index in [1.165, 1.54) is 17.1 Å². The van der Waals surface area contributed by atoms with E-state index in [9.17, 15) is 13.2 Å². The molecule has 0 spiro atoms. The third kappa shape index (κ3) is 3.84. The maximum atomic E-state index is 12.8. The monoisotopic (exact) mass is 402 g/mol. The normalized spacial score (nSPS) is 20.8. The first kappa shape index (κ1) is 19.1. The number of hydrogen-bond acceptors (Lipinski definition) is 4. The Morgan fingerprint density at radius 3 is 2.71 bits per heavy atom. The van der Waals surface area contributed by atoms with Gasteiger partial charge in [0.2, 0.25) is 10.0 Å². The molecule has 1 aromatic heterocycles. The van der Waals surface area contributed by atoms with Crippen molar-refractivity contribution in [3.05, 3.63) is 47.8 Å². The standard InChI is InChI=1S/C20H26N4O3S/c1-22-15-19(13-21-22)28(26,27)24-10-7-17(14-24)11-16-5-4-6-18(12-16)20(25)23-8-2-3-9-23/h4-6,12-13,15,17H,2-3,7-11,14H2,1H3. The van der Waals surface area contributed by atoms with Crippen LogP contribution in [0.5, 0.6) is 0 Å². The van der Waals surface area contributed by atoms with E-state index in [0.717, 1.165) is 49.9 Å². The maximum Gasteiger partial charge on any atom is 0.253 e. The zero-order chi connectivity index (χ0) is 19.7. The molecule has 0 N–H and O–H groups in total. The SMILES string of the molecule is Cn1cc(S(=O)(=O)N2CCC(Cc3cccc(C(=O)N4CCCC4)c3)C2)cn1. The van der Waals surface area contributed by atoms with Crippen molar-refractivity contribution in [2.75, 3.05) is 26.2 Å². The molecule has 1 amide bonds. The van der Waals surface area contributed by atoms with Crippen LogP contribution in [-0.2, 0) is 23.5 Å². The molecule has 4 rings (SSSR count). The Kier molecular flexibility index (Phi) is 5.25. The van der Waals surface area contributed by atoms with Crippen molar-refractivity contribution in [3.63, 3.8) is 0 Å². The predicted octanol–water partition coefficient (Wildman–Crippen LogP) is 1.91. The lowest BCUT2D eigenvalue weighted by molar-refractivity contribution is 0.0792. The Bertz CT molecular complexity index is 963. The van der Waals surface area contributed by atoms with E-state index in [1.54, 1.807) is 11.4 Å². The molecule has 2 aliphatic heterocycles. The number of amides is 1. The van der Waals surface area contributed by atoms with Crippen LogP contribution in [0, 0.1) is 5.92 Å². The maximum absolute atomic E-state index is 12.8. The van der Waals surface area contributed by atoms with Crippen LogP contribution < -0.4 is 0 Å². The summed E-state index contributed by atoms with van der Waals surface area (Å²) in [5.41, 5.74) is 1.83. The van der Waals surface area contributed by atoms with Gasteiger partial charge in [0.1, 0.15) is 4.90 Å². The molecule has 0 bridgehead atoms. The summed E-state index contributed by atoms with van der Waals surface area (Å²) >= 11 is 0. The molecular formula is C20H26N4O3S. The van der Waals surface area contributed by atoms with Gasteiger partial charge in [-0.2, -0.15) is 9.40 Å². The number of nitrogens with zero attached hydrogens (tertiary/aromatic N) is 4. The Morgan fingerprint density at radius 1 is 1.21 bits per heavy atom. The predicted molar refractivity (Wildman–Crippen MR) is 105 cm³/mol. The van der Waals surface area contributed by atoms with Gasteiger partial charge in [0.25, 0.3) is 5.91 Å². The van der Waals surface area contributed by atoms with Gasteiger partial charge in [-0.3, -0.25) is 9.48 Å². The fourth-order valence-electron chi connectivity index (χ4n) is 4.13. The van der Waals surface area contributed by atoms with E-state index in [4.69, 9.17) is 0 Å². The second-order valence-corrected chi connectivity index (χ2v) is 9.71. The number of sulfonamides is 1. The lowest BCUT2D eigenvalue weighted by atomic mass is 9.97. The summed E-state index contributed by atoms with van der Waals surface area (Å²) in [6.07, 6.45) is 6.69. The number of hydrogen-bond donors (Lipinski definition) is 0. The first-order chi connectivity index (χ1) is 13.4. The van der Waals surface area contributed by atoms with Gasteiger partial charge in [-0.15, -0.1) is 0 Å². The third-order valence-corrected chi connectivity index (χ3v) is 7.48. The van der Waals surface area contributed by atoms with Crippen LogP contribution in [0.3, 0.4) is 0 Å². The molecule has 0 aliphatic carbocycles. The van der Waals surface area contributed by atoms with Gasteiger partial charge in [-0.1, -0.05) is 12.1 Å². The van der Waals surface area contributed by atoms with Crippen molar-refractivity contribution >= 4 is 15.9 Å². The topological polar surface area (TPSA) is 75.5 Å². The Balaban J connectivity index is 1.42. The number of likely N-dealkylation sites (tertiary alicyclic amines) is 1. The van der Waals surface area contributed by atoms with Gasteiger partial charge in [-0.05, 0) is 49.3 Å². The van der Waals surface area contributed by atoms with Crippen LogP contribution in [0.4, 0.5) is 0 Å². The summed E-state index contributed by atoms with van der Waals surface area (Å²) in [7, 11) is -1.78. The lowest BCUT2D eigenvalue weighted by Crippen LogP contribution is -2.29. The van der Waals surface area contributed by atoms with Gasteiger partial charge < -0.3 is 4.90 Å². The largest absolute Gasteiger partial charge is 0.339 e. The fourth-order valence-corrected chi connectivity index (χ4v) is 5.65. The number of carbonyl (C=O) groups is 1. The van der Waals surface area contributed by atoms with Crippen molar-refractivity contribution in [2.24, 2.45) is 13.0 Å². The highest BCUT2D eigenvalue weighted by atomic mass is 32.2. The highest BCUT2D eigenvalue weighted by molar-refractivity contribution is 7.89. The fraction of sp³-hybridized carbons (Fsp3) is 0.500. The molecule has 0 saturated carbocycles. The minimum Gasteiger partial charge on any atom is -0.339 e. The van der Waals surface area contributed by atoms with Crippen molar-refractivity contribution in [3.8, 4) is 0 Å². The molecule has 1 aromatic carbocycles. The summed E-state index contributed by atoms with van der Waals surface area (Å²) in [6, 6.07) is 7.80. The average Bonchev–Trinajstić information content (AvgIpc) is 3.43. The van der Waals surface area contributed by atoms with Gasteiger partial charge in [0.15, 0.2) is 0 Å². The van der Waals surface area contributed by atoms with E-state index < -0.39 is 10.0 Å². The molecule has 28 heavy (non-hydrogen) atoms. The van der Waals surface area contributed by atoms with Crippen LogP contribution in [-0.4, -0.2) is 59.5 Å². The zero-order valence-electron chi connectivity index (χ0n) is 16.1. The van der Waals surface area contributed by atoms with Crippen LogP contribution >= 0.6 is 0 Å². The van der Waals surface area contributed by atoms with Gasteiger partial charge >= 0.3 is 0 Å². The van der Waals surface area contributed by atoms with Gasteiger partial charge in [0.05, 0.1) is 6.20 Å². The van der Waals surface area contributed by atoms with Crippen LogP contribution in [0.15, 0.2) is 41.6 Å². The van der Waals surface area contributed by atoms with Crippen molar-refractivity contribution in [1.29, 1.82) is 0 Å². The molecule has 0 radical (unpaired) electrons. The molecule has 150 valence electrons. The minimum atomic E-state index is -3.49. The highest BCUT2D eigenvalue weighted by Crippen LogP contribution is 2.27. The van der Waals surface area contributed by atoms with Crippen molar-refractivity contribution in [2.45, 2.75) is 30.6 Å². The molecule has 7 nitrogen and oxygen atoms in total. The summed E-state index contributed by atoms with van der Waals surface area (Å²) < 4.78 is 28.6. The Morgan fingerprint density at radius 2 is 2.00 bits per heavy atom. The lowest BCUT2D eigenvalue weighted by Gasteiger charge is -2.17. The van der Waals surface area contributed by atoms with Crippen molar-refractivity contribution < 1.29 is 13.2 Å². The second kappa shape index (κ2) is 7.67. The smallest absolute Gasteiger partial charge is 0.253 e. The number of aryl methyl sites for hydroxylation is 1. The molecule has 3 heterocycles. The highest BCUT2D eigenvalue weighted by Gasteiger charge is 2.33. The van der Waals surface area contributed by atoms with Crippen LogP contribution in [0.25, 0.3) is 0 Å². The average molecular weight is 403 g/mol. The van der Waals surface area contributed by atoms with Gasteiger partial charge in [0, 0.05) is 45.0 Å². The van der Waals surface area contributed by atoms with E-state index in [1.807, 2.05) is 29.2 Å². The third-order valence-electron chi connectivity index (χ3n) is 5.66. The molecule has 8 heteroatoms. The molecule has 1 atom stereocenters. The summed E-state index contributed by atoms with van der Waals surface area (Å²) in [4.78, 5) is 14.8. The van der Waals surface area contributed by atoms with E-state index >= 15 is 0 Å².